The maximum absolute atomic E-state index is 15.0. The van der Waals surface area contributed by atoms with Gasteiger partial charge >= 0.3 is 6.18 Å². The van der Waals surface area contributed by atoms with Crippen molar-refractivity contribution in [1.29, 1.82) is 0 Å². The van der Waals surface area contributed by atoms with Gasteiger partial charge in [-0.2, -0.15) is 23.3 Å². The summed E-state index contributed by atoms with van der Waals surface area (Å²) in [5.41, 5.74) is 3.91. The lowest BCUT2D eigenvalue weighted by Crippen LogP contribution is -2.19. The zero-order chi connectivity index (χ0) is 30.9. The summed E-state index contributed by atoms with van der Waals surface area (Å²) >= 11 is 1.41. The molecule has 45 heavy (non-hydrogen) atoms. The number of benzene rings is 2. The monoisotopic (exact) mass is 629 g/mol. The molecule has 4 heterocycles. The molecule has 2 fully saturated rings. The van der Waals surface area contributed by atoms with Crippen LogP contribution in [0.15, 0.2) is 60.0 Å². The number of pyridine rings is 1. The fourth-order valence-electron chi connectivity index (χ4n) is 7.08. The number of aryl methyl sites for hydroxylation is 1. The summed E-state index contributed by atoms with van der Waals surface area (Å²) < 4.78 is 59.1. The topological polar surface area (TPSA) is 75.0 Å². The number of halogens is 3. The van der Waals surface area contributed by atoms with E-state index in [0.29, 0.717) is 40.8 Å². The molecule has 1 atom stereocenters. The van der Waals surface area contributed by atoms with Crippen LogP contribution in [-0.4, -0.2) is 37.6 Å². The molecule has 1 saturated carbocycles. The van der Waals surface area contributed by atoms with Crippen molar-refractivity contribution in [1.82, 2.24) is 24.7 Å². The molecule has 230 valence electrons. The summed E-state index contributed by atoms with van der Waals surface area (Å²) in [5, 5.41) is 5.57. The molecule has 5 aromatic rings. The van der Waals surface area contributed by atoms with Gasteiger partial charge in [0.05, 0.1) is 34.2 Å². The highest BCUT2D eigenvalue weighted by atomic mass is 32.2. The number of nitrogens with zero attached hydrogens (tertiary/aromatic N) is 5. The number of hydrogen-bond acceptors (Lipinski definition) is 7. The van der Waals surface area contributed by atoms with Crippen LogP contribution in [-0.2, 0) is 22.9 Å². The second-order valence-corrected chi connectivity index (χ2v) is 12.7. The van der Waals surface area contributed by atoms with Crippen molar-refractivity contribution in [3.63, 3.8) is 0 Å². The largest absolute Gasteiger partial charge is 0.472 e. The van der Waals surface area contributed by atoms with E-state index in [-0.39, 0.29) is 17.4 Å². The summed E-state index contributed by atoms with van der Waals surface area (Å²) in [5.74, 6) is 0.433. The Labute approximate surface area is 262 Å². The lowest BCUT2D eigenvalue weighted by molar-refractivity contribution is -0.137. The zero-order valence-electron chi connectivity index (χ0n) is 24.8. The van der Waals surface area contributed by atoms with Crippen LogP contribution >= 0.6 is 11.8 Å². The molecule has 0 amide bonds. The molecule has 3 aliphatic rings. The number of rotatable bonds is 6. The van der Waals surface area contributed by atoms with Crippen LogP contribution in [0, 0.1) is 6.92 Å². The highest BCUT2D eigenvalue weighted by molar-refractivity contribution is 7.98. The standard InChI is InChI=1S/C34H30F3N5O2S/c1-19-16-23-22(17-39-42(23)24-10-6-7-15-43-24)25(27(19)34(35,36)37)29-28-21(11-14-38-29)26-30(33(28)12-13-33)40-32(45-2)41-31(26)44-18-20-8-4-3-5-9-20/h3-5,8-9,11,14,16-17,24H,6-7,10,12-13,15,18H2,1-2H3. The lowest BCUT2D eigenvalue weighted by atomic mass is 9.87. The van der Waals surface area contributed by atoms with Gasteiger partial charge in [0, 0.05) is 29.2 Å². The van der Waals surface area contributed by atoms with Gasteiger partial charge in [0.2, 0.25) is 5.88 Å². The Bertz CT molecular complexity index is 1950. The van der Waals surface area contributed by atoms with E-state index in [9.17, 15) is 0 Å². The maximum atomic E-state index is 15.0. The van der Waals surface area contributed by atoms with Crippen LogP contribution in [0.25, 0.3) is 33.3 Å². The van der Waals surface area contributed by atoms with Crippen LogP contribution in [0.3, 0.4) is 0 Å². The summed E-state index contributed by atoms with van der Waals surface area (Å²) in [6, 6.07) is 13.3. The van der Waals surface area contributed by atoms with Gasteiger partial charge in [-0.15, -0.1) is 0 Å². The molecule has 0 N–H and O–H groups in total. The first-order chi connectivity index (χ1) is 21.8. The number of hydrogen-bond donors (Lipinski definition) is 0. The van der Waals surface area contributed by atoms with E-state index in [4.69, 9.17) is 24.4 Å². The molecular weight excluding hydrogens is 599 g/mol. The van der Waals surface area contributed by atoms with Crippen LogP contribution in [0.1, 0.15) is 66.3 Å². The van der Waals surface area contributed by atoms with E-state index >= 15 is 13.2 Å². The van der Waals surface area contributed by atoms with E-state index in [1.54, 1.807) is 23.1 Å². The summed E-state index contributed by atoms with van der Waals surface area (Å²) in [6.07, 6.45) is 4.29. The van der Waals surface area contributed by atoms with Gasteiger partial charge in [-0.1, -0.05) is 42.1 Å². The van der Waals surface area contributed by atoms with Crippen molar-refractivity contribution >= 4 is 22.7 Å². The molecule has 0 radical (unpaired) electrons. The second kappa shape index (κ2) is 10.6. The number of alkyl halides is 3. The third kappa shape index (κ3) is 4.53. The highest BCUT2D eigenvalue weighted by Crippen LogP contribution is 2.65. The molecule has 7 nitrogen and oxygen atoms in total. The average molecular weight is 630 g/mol. The van der Waals surface area contributed by atoms with E-state index in [0.717, 1.165) is 60.1 Å². The first-order valence-corrected chi connectivity index (χ1v) is 16.4. The van der Waals surface area contributed by atoms with E-state index in [2.05, 4.69) is 5.10 Å². The summed E-state index contributed by atoms with van der Waals surface area (Å²) in [4.78, 5) is 14.4. The predicted octanol–water partition coefficient (Wildman–Crippen LogP) is 8.28. The second-order valence-electron chi connectivity index (χ2n) is 12.0. The van der Waals surface area contributed by atoms with Gasteiger partial charge < -0.3 is 9.47 Å². The Morgan fingerprint density at radius 2 is 1.91 bits per heavy atom. The van der Waals surface area contributed by atoms with Crippen molar-refractivity contribution in [2.24, 2.45) is 0 Å². The zero-order valence-corrected chi connectivity index (χ0v) is 25.6. The van der Waals surface area contributed by atoms with Crippen molar-refractivity contribution in [3.8, 4) is 28.3 Å². The predicted molar refractivity (Wildman–Crippen MR) is 165 cm³/mol. The van der Waals surface area contributed by atoms with Gasteiger partial charge in [-0.3, -0.25) is 4.98 Å². The Morgan fingerprint density at radius 3 is 2.62 bits per heavy atom. The first kappa shape index (κ1) is 28.5. The minimum absolute atomic E-state index is 0.0558. The third-order valence-corrected chi connectivity index (χ3v) is 9.76. The van der Waals surface area contributed by atoms with E-state index < -0.39 is 17.2 Å². The van der Waals surface area contributed by atoms with E-state index in [1.807, 2.05) is 42.7 Å². The SMILES string of the molecule is CSc1nc(OCc2ccccc2)c2c(n1)C1(CC1)c1c-2ccnc1-c1c(C(F)(F)F)c(C)cc2c1cnn2C1CCCCO1. The van der Waals surface area contributed by atoms with Crippen molar-refractivity contribution in [3.05, 3.63) is 82.8 Å². The quantitative estimate of drug-likeness (QED) is 0.138. The van der Waals surface area contributed by atoms with Crippen molar-refractivity contribution < 1.29 is 22.6 Å². The smallest absolute Gasteiger partial charge is 0.417 e. The summed E-state index contributed by atoms with van der Waals surface area (Å²) in [6.45, 7) is 2.42. The van der Waals surface area contributed by atoms with Gasteiger partial charge in [0.15, 0.2) is 11.4 Å². The van der Waals surface area contributed by atoms with Gasteiger partial charge in [0.25, 0.3) is 0 Å². The van der Waals surface area contributed by atoms with Crippen molar-refractivity contribution in [2.75, 3.05) is 12.9 Å². The minimum Gasteiger partial charge on any atom is -0.472 e. The van der Waals surface area contributed by atoms with E-state index in [1.165, 1.54) is 18.7 Å². The average Bonchev–Trinajstić information content (AvgIpc) is 3.66. The van der Waals surface area contributed by atoms with Crippen LogP contribution in [0.4, 0.5) is 13.2 Å². The Hall–Kier alpha value is -3.96. The number of thioether (sulfide) groups is 1. The minimum atomic E-state index is -4.61. The van der Waals surface area contributed by atoms with Crippen LogP contribution in [0.2, 0.25) is 0 Å². The molecule has 0 bridgehead atoms. The Balaban J connectivity index is 1.35. The molecular formula is C34H30F3N5O2S. The molecule has 8 rings (SSSR count). The third-order valence-electron chi connectivity index (χ3n) is 9.21. The van der Waals surface area contributed by atoms with Crippen molar-refractivity contribution in [2.45, 2.75) is 68.6 Å². The fourth-order valence-corrected chi connectivity index (χ4v) is 7.44. The highest BCUT2D eigenvalue weighted by Gasteiger charge is 2.57. The molecule has 1 saturated heterocycles. The molecule has 2 aliphatic carbocycles. The Kier molecular flexibility index (Phi) is 6.69. The fraction of sp³-hybridized carbons (Fsp3) is 0.353. The lowest BCUT2D eigenvalue weighted by Gasteiger charge is -2.24. The van der Waals surface area contributed by atoms with Gasteiger partial charge in [-0.05, 0) is 79.7 Å². The Morgan fingerprint density at radius 1 is 1.09 bits per heavy atom. The molecule has 2 aromatic carbocycles. The number of aromatic nitrogens is 5. The van der Waals surface area contributed by atoms with Gasteiger partial charge in [-0.25, -0.2) is 9.67 Å². The van der Waals surface area contributed by atoms with Crippen LogP contribution in [0.5, 0.6) is 5.88 Å². The molecule has 11 heteroatoms. The molecule has 1 aliphatic heterocycles. The van der Waals surface area contributed by atoms with Crippen LogP contribution < -0.4 is 4.74 Å². The number of fused-ring (bicyclic) bond motifs is 6. The normalized spacial score (nSPS) is 18.3. The maximum Gasteiger partial charge on any atom is 0.417 e. The molecule has 1 spiro atoms. The summed E-state index contributed by atoms with van der Waals surface area (Å²) in [7, 11) is 0. The number of ether oxygens (including phenoxy) is 2. The first-order valence-electron chi connectivity index (χ1n) is 15.1. The molecule has 3 aromatic heterocycles. The van der Waals surface area contributed by atoms with Gasteiger partial charge in [0.1, 0.15) is 6.61 Å². The molecule has 1 unspecified atom stereocenters.